The van der Waals surface area contributed by atoms with Gasteiger partial charge in [-0.15, -0.1) is 0 Å². The molecule has 0 radical (unpaired) electrons. The van der Waals surface area contributed by atoms with Crippen molar-refractivity contribution in [2.24, 2.45) is 4.99 Å². The maximum atomic E-state index is 14.6. The van der Waals surface area contributed by atoms with Gasteiger partial charge < -0.3 is 9.72 Å². The molecule has 164 valence electrons. The van der Waals surface area contributed by atoms with Gasteiger partial charge in [-0.05, 0) is 56.7 Å². The number of esters is 1. The molecule has 1 N–H and O–H groups in total. The predicted octanol–water partition coefficient (Wildman–Crippen LogP) is 6.58. The van der Waals surface area contributed by atoms with Crippen LogP contribution in [0.2, 0.25) is 0 Å². The number of benzene rings is 1. The molecule has 0 saturated carbocycles. The number of hydrogen-bond acceptors (Lipinski definition) is 3. The lowest BCUT2D eigenvalue weighted by atomic mass is 9.85. The summed E-state index contributed by atoms with van der Waals surface area (Å²) in [5, 5.41) is 0. The SMILES string of the molecule is CCOC(=O)c1c(C)[nH]c(C(=C2N=C(C)C(F)=C2C)c2ccc(C(C)(C)C)cc2)c1C. The van der Waals surface area contributed by atoms with E-state index in [0.717, 1.165) is 28.1 Å². The Morgan fingerprint density at radius 3 is 2.19 bits per heavy atom. The summed E-state index contributed by atoms with van der Waals surface area (Å²) in [4.78, 5) is 20.4. The van der Waals surface area contributed by atoms with Gasteiger partial charge in [0.25, 0.3) is 0 Å². The summed E-state index contributed by atoms with van der Waals surface area (Å²) in [5.74, 6) is -0.665. The summed E-state index contributed by atoms with van der Waals surface area (Å²) in [6.45, 7) is 15.7. The van der Waals surface area contributed by atoms with Crippen molar-refractivity contribution in [3.8, 4) is 0 Å². The van der Waals surface area contributed by atoms with E-state index in [9.17, 15) is 9.18 Å². The third kappa shape index (κ3) is 4.14. The van der Waals surface area contributed by atoms with Crippen molar-refractivity contribution >= 4 is 17.3 Å². The zero-order valence-corrected chi connectivity index (χ0v) is 19.7. The highest BCUT2D eigenvalue weighted by atomic mass is 19.1. The summed E-state index contributed by atoms with van der Waals surface area (Å²) in [5.41, 5.74) is 7.12. The normalized spacial score (nSPS) is 16.0. The number of rotatable bonds is 4. The Balaban J connectivity index is 2.28. The van der Waals surface area contributed by atoms with Crippen LogP contribution in [0.1, 0.15) is 80.0 Å². The van der Waals surface area contributed by atoms with Crippen LogP contribution in [0.5, 0.6) is 0 Å². The van der Waals surface area contributed by atoms with Gasteiger partial charge in [0.1, 0.15) is 5.83 Å². The van der Waals surface area contributed by atoms with E-state index in [1.54, 1.807) is 20.8 Å². The van der Waals surface area contributed by atoms with Crippen LogP contribution in [-0.4, -0.2) is 23.3 Å². The van der Waals surface area contributed by atoms with Gasteiger partial charge in [-0.1, -0.05) is 45.0 Å². The minimum Gasteiger partial charge on any atom is -0.462 e. The van der Waals surface area contributed by atoms with Gasteiger partial charge in [0.15, 0.2) is 0 Å². The molecule has 2 aromatic rings. The van der Waals surface area contributed by atoms with E-state index in [1.165, 1.54) is 5.56 Å². The van der Waals surface area contributed by atoms with Gasteiger partial charge in [0.2, 0.25) is 0 Å². The second-order valence-corrected chi connectivity index (χ2v) is 9.03. The van der Waals surface area contributed by atoms with Gasteiger partial charge in [0, 0.05) is 16.8 Å². The lowest BCUT2D eigenvalue weighted by Crippen LogP contribution is -2.10. The molecule has 0 unspecified atom stereocenters. The molecule has 0 aliphatic carbocycles. The first-order valence-corrected chi connectivity index (χ1v) is 10.6. The fourth-order valence-electron chi connectivity index (χ4n) is 3.97. The number of hydrogen-bond donors (Lipinski definition) is 1. The number of carbonyl (C=O) groups excluding carboxylic acids is 1. The second kappa shape index (κ2) is 8.29. The molecule has 1 aromatic carbocycles. The molecule has 0 amide bonds. The highest BCUT2D eigenvalue weighted by Crippen LogP contribution is 2.39. The summed E-state index contributed by atoms with van der Waals surface area (Å²) in [7, 11) is 0. The summed E-state index contributed by atoms with van der Waals surface area (Å²) in [6, 6.07) is 8.26. The standard InChI is InChI=1S/C26H31FN2O2/c1-9-31-25(30)20-14(2)23(28-16(20)4)21(24-15(3)22(27)17(5)29-24)18-10-12-19(13-11-18)26(6,7)8/h10-13,28H,9H2,1-8H3. The fraction of sp³-hybridized carbons (Fsp3) is 0.385. The number of aliphatic imine (C=N–C) groups is 1. The van der Waals surface area contributed by atoms with Gasteiger partial charge in [-0.25, -0.2) is 14.2 Å². The third-order valence-corrected chi connectivity index (χ3v) is 5.73. The van der Waals surface area contributed by atoms with Gasteiger partial charge in [0.05, 0.1) is 29.3 Å². The van der Waals surface area contributed by atoms with Crippen LogP contribution >= 0.6 is 0 Å². The van der Waals surface area contributed by atoms with Crippen molar-refractivity contribution in [3.63, 3.8) is 0 Å². The van der Waals surface area contributed by atoms with Crippen molar-refractivity contribution in [1.82, 2.24) is 4.98 Å². The Hall–Kier alpha value is -2.95. The molecular formula is C26H31FN2O2. The summed E-state index contributed by atoms with van der Waals surface area (Å²) >= 11 is 0. The number of nitrogens with zero attached hydrogens (tertiary/aromatic N) is 1. The second-order valence-electron chi connectivity index (χ2n) is 9.03. The smallest absolute Gasteiger partial charge is 0.340 e. The molecule has 4 nitrogen and oxygen atoms in total. The van der Waals surface area contributed by atoms with Crippen LogP contribution in [0.15, 0.2) is 46.4 Å². The molecule has 0 spiro atoms. The number of allylic oxidation sites excluding steroid dienone is 2. The minimum absolute atomic E-state index is 0.0197. The monoisotopic (exact) mass is 422 g/mol. The number of aryl methyl sites for hydroxylation is 1. The minimum atomic E-state index is -0.364. The van der Waals surface area contributed by atoms with Crippen LogP contribution in [-0.2, 0) is 10.2 Å². The van der Waals surface area contributed by atoms with Crippen molar-refractivity contribution in [2.45, 2.75) is 60.8 Å². The first-order chi connectivity index (χ1) is 14.5. The van der Waals surface area contributed by atoms with E-state index >= 15 is 0 Å². The van der Waals surface area contributed by atoms with Crippen LogP contribution in [0.3, 0.4) is 0 Å². The van der Waals surface area contributed by atoms with E-state index in [1.807, 2.05) is 26.0 Å². The molecule has 0 saturated heterocycles. The lowest BCUT2D eigenvalue weighted by Gasteiger charge is -2.20. The Bertz CT molecular complexity index is 1120. The van der Waals surface area contributed by atoms with Gasteiger partial charge in [-0.3, -0.25) is 0 Å². The van der Waals surface area contributed by atoms with Crippen molar-refractivity contribution in [3.05, 3.63) is 75.0 Å². The highest BCUT2D eigenvalue weighted by Gasteiger charge is 2.28. The van der Waals surface area contributed by atoms with E-state index < -0.39 is 0 Å². The molecule has 1 aromatic heterocycles. The highest BCUT2D eigenvalue weighted by molar-refractivity contribution is 6.04. The topological polar surface area (TPSA) is 54.5 Å². The predicted molar refractivity (Wildman–Crippen MR) is 124 cm³/mol. The molecule has 0 fully saturated rings. The van der Waals surface area contributed by atoms with Gasteiger partial charge >= 0.3 is 5.97 Å². The number of carbonyl (C=O) groups is 1. The van der Waals surface area contributed by atoms with Crippen LogP contribution < -0.4 is 0 Å². The number of H-pyrrole nitrogens is 1. The van der Waals surface area contributed by atoms with Crippen LogP contribution in [0.4, 0.5) is 4.39 Å². The quantitative estimate of drug-likeness (QED) is 0.566. The van der Waals surface area contributed by atoms with E-state index in [0.29, 0.717) is 29.2 Å². The Morgan fingerprint density at radius 1 is 1.10 bits per heavy atom. The molecule has 0 bridgehead atoms. The summed E-state index contributed by atoms with van der Waals surface area (Å²) < 4.78 is 19.9. The molecule has 31 heavy (non-hydrogen) atoms. The zero-order chi connectivity index (χ0) is 23.1. The molecule has 5 heteroatoms. The zero-order valence-electron chi connectivity index (χ0n) is 19.7. The first kappa shape index (κ1) is 22.7. The summed E-state index contributed by atoms with van der Waals surface area (Å²) in [6.07, 6.45) is 0. The largest absolute Gasteiger partial charge is 0.462 e. The first-order valence-electron chi connectivity index (χ1n) is 10.6. The maximum absolute atomic E-state index is 14.6. The molecule has 3 rings (SSSR count). The molecule has 2 heterocycles. The van der Waals surface area contributed by atoms with E-state index in [2.05, 4.69) is 42.9 Å². The Kier molecular flexibility index (Phi) is 6.08. The third-order valence-electron chi connectivity index (χ3n) is 5.73. The van der Waals surface area contributed by atoms with Gasteiger partial charge in [-0.2, -0.15) is 0 Å². The lowest BCUT2D eigenvalue weighted by molar-refractivity contribution is 0.0525. The number of aromatic nitrogens is 1. The number of ether oxygens (including phenoxy) is 1. The average Bonchev–Trinajstić information content (AvgIpc) is 3.12. The number of aromatic amines is 1. The number of nitrogens with one attached hydrogen (secondary N) is 1. The molecular weight excluding hydrogens is 391 g/mol. The van der Waals surface area contributed by atoms with E-state index in [-0.39, 0.29) is 17.2 Å². The number of halogens is 1. The average molecular weight is 423 g/mol. The maximum Gasteiger partial charge on any atom is 0.340 e. The van der Waals surface area contributed by atoms with Crippen molar-refractivity contribution in [1.29, 1.82) is 0 Å². The Morgan fingerprint density at radius 2 is 1.71 bits per heavy atom. The molecule has 1 aliphatic heterocycles. The molecule has 1 aliphatic rings. The van der Waals surface area contributed by atoms with Crippen molar-refractivity contribution < 1.29 is 13.9 Å². The van der Waals surface area contributed by atoms with Crippen molar-refractivity contribution in [2.75, 3.05) is 6.61 Å². The Labute approximate surface area is 183 Å². The van der Waals surface area contributed by atoms with Crippen LogP contribution in [0.25, 0.3) is 5.57 Å². The fourth-order valence-corrected chi connectivity index (χ4v) is 3.97. The van der Waals surface area contributed by atoms with E-state index in [4.69, 9.17) is 4.74 Å². The molecule has 0 atom stereocenters. The van der Waals surface area contributed by atoms with Crippen LogP contribution in [0, 0.1) is 13.8 Å².